The van der Waals surface area contributed by atoms with E-state index < -0.39 is 47.7 Å². The van der Waals surface area contributed by atoms with Gasteiger partial charge in [-0.25, -0.2) is 0 Å². The molecule has 1 spiro atoms. The van der Waals surface area contributed by atoms with Crippen LogP contribution in [0.25, 0.3) is 0 Å². The zero-order chi connectivity index (χ0) is 33.0. The third-order valence-corrected chi connectivity index (χ3v) is 10.4. The van der Waals surface area contributed by atoms with Crippen LogP contribution in [0.4, 0.5) is 0 Å². The molecule has 6 rings (SSSR count). The number of amides is 3. The number of carbonyl (C=O) groups excluding carboxylic acids is 4. The Labute approximate surface area is 276 Å². The number of fused-ring (bicyclic) bond motifs is 2. The van der Waals surface area contributed by atoms with E-state index in [0.717, 1.165) is 32.1 Å². The molecule has 254 valence electrons. The molecule has 3 amide bonds. The Morgan fingerprint density at radius 3 is 2.55 bits per heavy atom. The fraction of sp³-hybridized carbons (Fsp3) is 0.611. The average Bonchev–Trinajstić information content (AvgIpc) is 3.46. The van der Waals surface area contributed by atoms with Crippen molar-refractivity contribution in [1.29, 1.82) is 0 Å². The van der Waals surface area contributed by atoms with Crippen molar-refractivity contribution in [2.45, 2.75) is 93.7 Å². The monoisotopic (exact) mass is 649 g/mol. The highest BCUT2D eigenvalue weighted by Gasteiger charge is 2.72. The van der Waals surface area contributed by atoms with Crippen LogP contribution < -0.4 is 5.32 Å². The van der Waals surface area contributed by atoms with Crippen LogP contribution in [0, 0.1) is 11.8 Å². The lowest BCUT2D eigenvalue weighted by molar-refractivity contribution is -0.162. The van der Waals surface area contributed by atoms with Gasteiger partial charge >= 0.3 is 5.97 Å². The maximum absolute atomic E-state index is 14.6. The SMILES string of the molecule is COC[C@@H]1NC(=O)CC/C=C\[C@@H]2O[C@@]34C=CCN(C5CCCCC5)C(=O)[C@@H]3N(CCCCO)C(=O)[C@H]4[C@@H]2C(=O)O[C@H]1c1ccccc1. The van der Waals surface area contributed by atoms with Crippen LogP contribution in [0.2, 0.25) is 0 Å². The third kappa shape index (κ3) is 6.49. The normalized spacial score (nSPS) is 34.0. The van der Waals surface area contributed by atoms with E-state index in [-0.39, 0.29) is 49.9 Å². The highest BCUT2D eigenvalue weighted by Crippen LogP contribution is 2.53. The first-order chi connectivity index (χ1) is 22.9. The highest BCUT2D eigenvalue weighted by atomic mass is 16.6. The number of allylic oxidation sites excluding steroid dienone is 1. The van der Waals surface area contributed by atoms with Crippen LogP contribution in [0.15, 0.2) is 54.6 Å². The topological polar surface area (TPSA) is 135 Å². The summed E-state index contributed by atoms with van der Waals surface area (Å²) in [6, 6.07) is 7.64. The third-order valence-electron chi connectivity index (χ3n) is 10.4. The average molecular weight is 650 g/mol. The summed E-state index contributed by atoms with van der Waals surface area (Å²) in [6.45, 7) is 0.747. The van der Waals surface area contributed by atoms with E-state index in [2.05, 4.69) is 5.32 Å². The summed E-state index contributed by atoms with van der Waals surface area (Å²) in [4.78, 5) is 60.2. The Morgan fingerprint density at radius 2 is 1.81 bits per heavy atom. The first-order valence-electron chi connectivity index (χ1n) is 17.2. The number of cyclic esters (lactones) is 1. The largest absolute Gasteiger partial charge is 0.455 e. The summed E-state index contributed by atoms with van der Waals surface area (Å²) in [5.41, 5.74) is -0.701. The van der Waals surface area contributed by atoms with Gasteiger partial charge in [-0.15, -0.1) is 0 Å². The number of esters is 1. The second-order valence-corrected chi connectivity index (χ2v) is 13.4. The predicted octanol–water partition coefficient (Wildman–Crippen LogP) is 2.84. The number of nitrogens with zero attached hydrogens (tertiary/aromatic N) is 2. The van der Waals surface area contributed by atoms with Gasteiger partial charge in [0.05, 0.1) is 24.7 Å². The minimum Gasteiger partial charge on any atom is -0.455 e. The molecule has 11 heteroatoms. The smallest absolute Gasteiger partial charge is 0.313 e. The molecule has 11 nitrogen and oxygen atoms in total. The predicted molar refractivity (Wildman–Crippen MR) is 172 cm³/mol. The molecule has 3 fully saturated rings. The Hall–Kier alpha value is -3.54. The summed E-state index contributed by atoms with van der Waals surface area (Å²) < 4.78 is 18.6. The van der Waals surface area contributed by atoms with Gasteiger partial charge in [0.1, 0.15) is 23.7 Å². The molecule has 0 aromatic heterocycles. The van der Waals surface area contributed by atoms with E-state index in [1.807, 2.05) is 47.4 Å². The molecule has 0 unspecified atom stereocenters. The fourth-order valence-electron chi connectivity index (χ4n) is 8.26. The van der Waals surface area contributed by atoms with Crippen LogP contribution in [0.5, 0.6) is 0 Å². The quantitative estimate of drug-likeness (QED) is 0.250. The van der Waals surface area contributed by atoms with Crippen LogP contribution in [-0.2, 0) is 33.4 Å². The van der Waals surface area contributed by atoms with E-state index in [1.54, 1.807) is 17.1 Å². The van der Waals surface area contributed by atoms with Gasteiger partial charge in [-0.1, -0.05) is 73.9 Å². The number of ether oxygens (including phenoxy) is 3. The molecule has 5 aliphatic rings. The molecule has 47 heavy (non-hydrogen) atoms. The van der Waals surface area contributed by atoms with E-state index in [0.29, 0.717) is 31.4 Å². The Balaban J connectivity index is 1.41. The number of benzene rings is 1. The van der Waals surface area contributed by atoms with Crippen molar-refractivity contribution >= 4 is 23.7 Å². The van der Waals surface area contributed by atoms with E-state index >= 15 is 0 Å². The van der Waals surface area contributed by atoms with E-state index in [9.17, 15) is 24.3 Å². The van der Waals surface area contributed by atoms with E-state index in [1.165, 1.54) is 7.11 Å². The maximum atomic E-state index is 14.6. The zero-order valence-electron chi connectivity index (χ0n) is 27.1. The Morgan fingerprint density at radius 1 is 1.02 bits per heavy atom. The molecule has 1 saturated carbocycles. The molecule has 2 saturated heterocycles. The first kappa shape index (κ1) is 33.4. The van der Waals surface area contributed by atoms with Crippen molar-refractivity contribution in [3.63, 3.8) is 0 Å². The van der Waals surface area contributed by atoms with Gasteiger partial charge in [0.25, 0.3) is 0 Å². The fourth-order valence-corrected chi connectivity index (χ4v) is 8.26. The van der Waals surface area contributed by atoms with Gasteiger partial charge < -0.3 is 34.4 Å². The zero-order valence-corrected chi connectivity index (χ0v) is 27.1. The summed E-state index contributed by atoms with van der Waals surface area (Å²) in [5.74, 6) is -3.35. The molecular formula is C36H47N3O8. The van der Waals surface area contributed by atoms with Crippen molar-refractivity contribution < 1.29 is 38.5 Å². The molecular weight excluding hydrogens is 602 g/mol. The number of methoxy groups -OCH3 is 1. The van der Waals surface area contributed by atoms with Crippen molar-refractivity contribution in [1.82, 2.24) is 15.1 Å². The molecule has 4 heterocycles. The number of hydrogen-bond acceptors (Lipinski definition) is 8. The standard InChI is InChI=1S/C36H47N3O8/c1-45-23-26-31(24-13-4-2-5-14-24)46-35(44)29-27(17-8-9-18-28(41)37-26)47-36-19-12-21-38(25-15-6-3-7-16-25)34(43)32(36)39(20-10-11-22-40)33(42)30(29)36/h2,4-5,8,12-14,17,19,25-27,29-32,40H,3,6-7,9-11,15-16,18,20-23H2,1H3,(H,37,41)/b17-8-/t26-,27-,29+,30+,31-,32-,36+/m0/s1. The molecule has 0 radical (unpaired) electrons. The molecule has 1 aromatic rings. The molecule has 4 aliphatic heterocycles. The van der Waals surface area contributed by atoms with Gasteiger partial charge in [0.2, 0.25) is 17.7 Å². The van der Waals surface area contributed by atoms with Gasteiger partial charge in [-0.2, -0.15) is 0 Å². The van der Waals surface area contributed by atoms with Crippen LogP contribution in [0.1, 0.15) is 69.5 Å². The number of aliphatic hydroxyl groups excluding tert-OH is 1. The van der Waals surface area contributed by atoms with Gasteiger partial charge in [0.15, 0.2) is 0 Å². The summed E-state index contributed by atoms with van der Waals surface area (Å²) in [6.07, 6.45) is 12.3. The van der Waals surface area contributed by atoms with Crippen molar-refractivity contribution in [3.8, 4) is 0 Å². The summed E-state index contributed by atoms with van der Waals surface area (Å²) in [7, 11) is 1.52. The number of nitrogens with one attached hydrogen (secondary N) is 1. The number of likely N-dealkylation sites (tertiary alicyclic amines) is 1. The van der Waals surface area contributed by atoms with Crippen molar-refractivity contribution in [2.75, 3.05) is 33.4 Å². The molecule has 2 N–H and O–H groups in total. The minimum atomic E-state index is -1.38. The number of hydrogen-bond donors (Lipinski definition) is 2. The summed E-state index contributed by atoms with van der Waals surface area (Å²) in [5, 5.41) is 12.5. The second kappa shape index (κ2) is 14.7. The number of aliphatic hydroxyl groups is 1. The molecule has 1 aliphatic carbocycles. The van der Waals surface area contributed by atoms with Crippen molar-refractivity contribution in [3.05, 3.63) is 60.2 Å². The number of rotatable bonds is 8. The van der Waals surface area contributed by atoms with E-state index in [4.69, 9.17) is 14.2 Å². The maximum Gasteiger partial charge on any atom is 0.313 e. The number of carbonyl (C=O) groups is 4. The second-order valence-electron chi connectivity index (χ2n) is 13.4. The van der Waals surface area contributed by atoms with Gasteiger partial charge in [0, 0.05) is 39.3 Å². The highest BCUT2D eigenvalue weighted by molar-refractivity contribution is 5.99. The Bertz CT molecular complexity index is 1360. The van der Waals surface area contributed by atoms with Crippen molar-refractivity contribution in [2.24, 2.45) is 11.8 Å². The molecule has 7 atom stereocenters. The van der Waals surface area contributed by atoms with Crippen LogP contribution in [-0.4, -0.2) is 102 Å². The minimum absolute atomic E-state index is 0.0261. The Kier molecular flexibility index (Phi) is 10.4. The van der Waals surface area contributed by atoms with Crippen LogP contribution >= 0.6 is 0 Å². The lowest BCUT2D eigenvalue weighted by Crippen LogP contribution is -2.57. The first-order valence-corrected chi connectivity index (χ1v) is 17.2. The van der Waals surface area contributed by atoms with Gasteiger partial charge in [-0.05, 0) is 37.7 Å². The lowest BCUT2D eigenvalue weighted by Gasteiger charge is -2.39. The lowest BCUT2D eigenvalue weighted by atomic mass is 9.77. The number of unbranched alkanes of at least 4 members (excludes halogenated alkanes) is 1. The molecule has 1 aromatic carbocycles. The van der Waals surface area contributed by atoms with Gasteiger partial charge in [-0.3, -0.25) is 19.2 Å². The van der Waals surface area contributed by atoms with Crippen LogP contribution in [0.3, 0.4) is 0 Å². The summed E-state index contributed by atoms with van der Waals surface area (Å²) >= 11 is 0. The molecule has 0 bridgehead atoms.